The number of aryl methyl sites for hydroxylation is 1. The Morgan fingerprint density at radius 3 is 3.11 bits per heavy atom. The summed E-state index contributed by atoms with van der Waals surface area (Å²) in [6.45, 7) is 4.11. The summed E-state index contributed by atoms with van der Waals surface area (Å²) in [7, 11) is 1.90. The van der Waals surface area contributed by atoms with Crippen molar-refractivity contribution in [3.63, 3.8) is 0 Å². The van der Waals surface area contributed by atoms with Crippen molar-refractivity contribution in [1.29, 1.82) is 0 Å². The van der Waals surface area contributed by atoms with E-state index in [9.17, 15) is 0 Å². The lowest BCUT2D eigenvalue weighted by Gasteiger charge is -2.02. The number of H-pyrrole nitrogens is 1. The molecule has 0 bridgehead atoms. The third kappa shape index (κ3) is 2.10. The molecule has 0 fully saturated rings. The maximum Gasteiger partial charge on any atom is 0.138 e. The first-order valence-electron chi connectivity index (χ1n) is 5.98. The van der Waals surface area contributed by atoms with E-state index < -0.39 is 0 Å². The molecule has 0 atom stereocenters. The highest BCUT2D eigenvalue weighted by Crippen LogP contribution is 2.29. The van der Waals surface area contributed by atoms with Crippen molar-refractivity contribution in [2.75, 3.05) is 6.61 Å². The predicted octanol–water partition coefficient (Wildman–Crippen LogP) is 2.53. The van der Waals surface area contributed by atoms with Gasteiger partial charge in [0.05, 0.1) is 12.4 Å². The van der Waals surface area contributed by atoms with Crippen molar-refractivity contribution < 1.29 is 4.74 Å². The molecule has 0 saturated heterocycles. The Bertz CT molecular complexity index is 726. The van der Waals surface area contributed by atoms with Gasteiger partial charge in [-0.05, 0) is 6.07 Å². The third-order valence-corrected chi connectivity index (χ3v) is 2.89. The summed E-state index contributed by atoms with van der Waals surface area (Å²) in [5, 5.41) is 5.21. The number of ether oxygens (including phenoxy) is 1. The lowest BCUT2D eigenvalue weighted by molar-refractivity contribution is 0.362. The predicted molar refractivity (Wildman–Crippen MR) is 74.0 cm³/mol. The summed E-state index contributed by atoms with van der Waals surface area (Å²) in [5.74, 6) is 0.733. The highest BCUT2D eigenvalue weighted by Gasteiger charge is 2.09. The van der Waals surface area contributed by atoms with Crippen LogP contribution in [0.5, 0.6) is 5.75 Å². The van der Waals surface area contributed by atoms with E-state index in [2.05, 4.69) is 21.6 Å². The zero-order valence-corrected chi connectivity index (χ0v) is 10.6. The van der Waals surface area contributed by atoms with Crippen molar-refractivity contribution >= 4 is 11.0 Å². The molecule has 5 nitrogen and oxygen atoms in total. The molecule has 0 spiro atoms. The van der Waals surface area contributed by atoms with Crippen LogP contribution in [0.25, 0.3) is 22.2 Å². The van der Waals surface area contributed by atoms with E-state index in [0.29, 0.717) is 6.61 Å². The topological polar surface area (TPSA) is 55.7 Å². The van der Waals surface area contributed by atoms with Crippen LogP contribution < -0.4 is 4.74 Å². The molecule has 3 heterocycles. The molecular weight excluding hydrogens is 240 g/mol. The molecule has 0 aliphatic heterocycles. The molecule has 0 aromatic carbocycles. The second kappa shape index (κ2) is 4.61. The van der Waals surface area contributed by atoms with E-state index in [0.717, 1.165) is 27.9 Å². The van der Waals surface area contributed by atoms with Gasteiger partial charge in [-0.15, -0.1) is 0 Å². The quantitative estimate of drug-likeness (QED) is 0.728. The smallest absolute Gasteiger partial charge is 0.138 e. The Kier molecular flexibility index (Phi) is 2.79. The summed E-state index contributed by atoms with van der Waals surface area (Å²) in [4.78, 5) is 7.50. The second-order valence-corrected chi connectivity index (χ2v) is 4.27. The number of fused-ring (bicyclic) bond motifs is 1. The fourth-order valence-corrected chi connectivity index (χ4v) is 2.02. The minimum Gasteiger partial charge on any atom is -0.488 e. The van der Waals surface area contributed by atoms with Crippen LogP contribution in [-0.2, 0) is 7.05 Å². The number of rotatable bonds is 4. The van der Waals surface area contributed by atoms with E-state index in [-0.39, 0.29) is 0 Å². The molecule has 3 aromatic rings. The summed E-state index contributed by atoms with van der Waals surface area (Å²) in [6.07, 6.45) is 9.16. The highest BCUT2D eigenvalue weighted by atomic mass is 16.5. The van der Waals surface area contributed by atoms with Crippen molar-refractivity contribution in [1.82, 2.24) is 19.7 Å². The van der Waals surface area contributed by atoms with E-state index in [4.69, 9.17) is 4.74 Å². The Balaban J connectivity index is 2.07. The van der Waals surface area contributed by atoms with Gasteiger partial charge in [0.2, 0.25) is 0 Å². The van der Waals surface area contributed by atoms with Crippen LogP contribution in [0.2, 0.25) is 0 Å². The average molecular weight is 254 g/mol. The first kappa shape index (κ1) is 11.5. The van der Waals surface area contributed by atoms with Crippen LogP contribution in [-0.4, -0.2) is 26.4 Å². The molecule has 3 aromatic heterocycles. The Morgan fingerprint density at radius 2 is 2.37 bits per heavy atom. The number of pyridine rings is 1. The summed E-state index contributed by atoms with van der Waals surface area (Å²) < 4.78 is 7.29. The molecule has 0 saturated carbocycles. The van der Waals surface area contributed by atoms with Crippen LogP contribution in [0.1, 0.15) is 0 Å². The monoisotopic (exact) mass is 254 g/mol. The molecule has 0 aliphatic rings. The van der Waals surface area contributed by atoms with Gasteiger partial charge in [0.15, 0.2) is 0 Å². The maximum absolute atomic E-state index is 5.51. The third-order valence-electron chi connectivity index (χ3n) is 2.89. The van der Waals surface area contributed by atoms with Gasteiger partial charge in [0.1, 0.15) is 18.0 Å². The van der Waals surface area contributed by atoms with Gasteiger partial charge in [0, 0.05) is 36.0 Å². The number of aromatic amines is 1. The molecule has 19 heavy (non-hydrogen) atoms. The number of hydrogen-bond donors (Lipinski definition) is 1. The van der Waals surface area contributed by atoms with Gasteiger partial charge in [-0.1, -0.05) is 12.7 Å². The molecular formula is C14H14N4O. The zero-order valence-electron chi connectivity index (χ0n) is 10.6. The molecule has 5 heteroatoms. The van der Waals surface area contributed by atoms with Crippen molar-refractivity contribution in [3.8, 4) is 16.9 Å². The van der Waals surface area contributed by atoms with Gasteiger partial charge >= 0.3 is 0 Å². The SMILES string of the molecule is C=CCOc1cnc2[nH]cc(-c3cnn(C)c3)c2c1. The van der Waals surface area contributed by atoms with Crippen LogP contribution in [0.3, 0.4) is 0 Å². The largest absolute Gasteiger partial charge is 0.488 e. The number of aromatic nitrogens is 4. The summed E-state index contributed by atoms with van der Waals surface area (Å²) in [5.41, 5.74) is 2.96. The van der Waals surface area contributed by atoms with E-state index in [1.807, 2.05) is 31.7 Å². The lowest BCUT2D eigenvalue weighted by atomic mass is 10.1. The summed E-state index contributed by atoms with van der Waals surface area (Å²) in [6, 6.07) is 1.98. The fraction of sp³-hybridized carbons (Fsp3) is 0.143. The first-order chi connectivity index (χ1) is 9.28. The van der Waals surface area contributed by atoms with Crippen LogP contribution in [0.15, 0.2) is 43.5 Å². The minimum atomic E-state index is 0.472. The normalized spacial score (nSPS) is 10.8. The molecule has 0 radical (unpaired) electrons. The Morgan fingerprint density at radius 1 is 1.47 bits per heavy atom. The van der Waals surface area contributed by atoms with Gasteiger partial charge in [-0.25, -0.2) is 4.98 Å². The zero-order chi connectivity index (χ0) is 13.2. The van der Waals surface area contributed by atoms with E-state index in [1.165, 1.54) is 0 Å². The second-order valence-electron chi connectivity index (χ2n) is 4.27. The molecule has 3 rings (SSSR count). The Hall–Kier alpha value is -2.56. The maximum atomic E-state index is 5.51. The molecule has 0 unspecified atom stereocenters. The first-order valence-corrected chi connectivity index (χ1v) is 5.98. The van der Waals surface area contributed by atoms with Crippen molar-refractivity contribution in [2.45, 2.75) is 0 Å². The number of nitrogens with zero attached hydrogens (tertiary/aromatic N) is 3. The number of hydrogen-bond acceptors (Lipinski definition) is 3. The van der Waals surface area contributed by atoms with Crippen LogP contribution in [0.4, 0.5) is 0 Å². The van der Waals surface area contributed by atoms with Crippen LogP contribution in [0, 0.1) is 0 Å². The average Bonchev–Trinajstić information content (AvgIpc) is 3.01. The van der Waals surface area contributed by atoms with Gasteiger partial charge in [-0.2, -0.15) is 5.10 Å². The van der Waals surface area contributed by atoms with Crippen LogP contribution >= 0.6 is 0 Å². The molecule has 0 amide bonds. The van der Waals surface area contributed by atoms with Crippen molar-refractivity contribution in [3.05, 3.63) is 43.5 Å². The molecule has 0 aliphatic carbocycles. The lowest BCUT2D eigenvalue weighted by Crippen LogP contribution is -1.93. The van der Waals surface area contributed by atoms with Gasteiger partial charge in [0.25, 0.3) is 0 Å². The van der Waals surface area contributed by atoms with E-state index >= 15 is 0 Å². The standard InChI is InChI=1S/C14H14N4O/c1-3-4-19-11-5-12-13(8-16-14(12)15-7-11)10-6-17-18(2)9-10/h3,5-9H,1,4H2,2H3,(H,15,16). The molecule has 96 valence electrons. The Labute approximate surface area is 110 Å². The van der Waals surface area contributed by atoms with Gasteiger partial charge < -0.3 is 9.72 Å². The molecule has 1 N–H and O–H groups in total. The van der Waals surface area contributed by atoms with E-state index in [1.54, 1.807) is 17.0 Å². The minimum absolute atomic E-state index is 0.472. The highest BCUT2D eigenvalue weighted by molar-refractivity contribution is 5.93. The summed E-state index contributed by atoms with van der Waals surface area (Å²) >= 11 is 0. The fourth-order valence-electron chi connectivity index (χ4n) is 2.02. The van der Waals surface area contributed by atoms with Gasteiger partial charge in [-0.3, -0.25) is 4.68 Å². The number of nitrogens with one attached hydrogen (secondary N) is 1. The van der Waals surface area contributed by atoms with Crippen molar-refractivity contribution in [2.24, 2.45) is 7.05 Å².